The zero-order chi connectivity index (χ0) is 17.9. The summed E-state index contributed by atoms with van der Waals surface area (Å²) in [7, 11) is -2.16. The van der Waals surface area contributed by atoms with Crippen LogP contribution < -0.4 is 9.46 Å². The summed E-state index contributed by atoms with van der Waals surface area (Å²) < 4.78 is 34.7. The minimum atomic E-state index is -3.66. The van der Waals surface area contributed by atoms with Gasteiger partial charge in [-0.05, 0) is 30.7 Å². The summed E-state index contributed by atoms with van der Waals surface area (Å²) in [5, 5.41) is 0. The number of aromatic nitrogens is 3. The summed E-state index contributed by atoms with van der Waals surface area (Å²) in [4.78, 5) is 9.02. The second-order valence-electron chi connectivity index (χ2n) is 5.53. The van der Waals surface area contributed by atoms with Crippen molar-refractivity contribution in [2.45, 2.75) is 31.3 Å². The molecule has 0 atom stereocenters. The number of rotatable bonds is 7. The van der Waals surface area contributed by atoms with Gasteiger partial charge in [0.15, 0.2) is 5.65 Å². The maximum Gasteiger partial charge on any atom is 0.241 e. The van der Waals surface area contributed by atoms with Crippen molar-refractivity contribution in [1.82, 2.24) is 19.3 Å². The molecule has 7 nitrogen and oxygen atoms in total. The minimum absolute atomic E-state index is 0.0932. The van der Waals surface area contributed by atoms with Gasteiger partial charge in [-0.2, -0.15) is 0 Å². The first-order valence-corrected chi connectivity index (χ1v) is 9.47. The summed E-state index contributed by atoms with van der Waals surface area (Å²) in [5.74, 6) is 1.13. The van der Waals surface area contributed by atoms with Gasteiger partial charge in [0, 0.05) is 18.8 Å². The molecule has 0 saturated carbocycles. The first kappa shape index (κ1) is 17.4. The van der Waals surface area contributed by atoms with Gasteiger partial charge >= 0.3 is 0 Å². The Morgan fingerprint density at radius 3 is 2.84 bits per heavy atom. The number of sulfonamides is 1. The standard InChI is InChI=1S/C17H20N4O3S/c1-3-10-21-16(20-15-8-5-9-18-17(15)21)12-19-25(22,23)14-7-4-6-13(11-14)24-2/h4-9,11,19H,3,10,12H2,1-2H3. The van der Waals surface area contributed by atoms with Crippen molar-refractivity contribution in [2.75, 3.05) is 7.11 Å². The number of imidazole rings is 1. The Labute approximate surface area is 146 Å². The van der Waals surface area contributed by atoms with Gasteiger partial charge in [0.2, 0.25) is 10.0 Å². The molecule has 2 aromatic heterocycles. The van der Waals surface area contributed by atoms with E-state index in [9.17, 15) is 8.42 Å². The van der Waals surface area contributed by atoms with Crippen LogP contribution in [-0.4, -0.2) is 30.1 Å². The fourth-order valence-corrected chi connectivity index (χ4v) is 3.62. The SMILES string of the molecule is CCCn1c(CNS(=O)(=O)c2cccc(OC)c2)nc2cccnc21. The summed E-state index contributed by atoms with van der Waals surface area (Å²) in [6.07, 6.45) is 2.61. The lowest BCUT2D eigenvalue weighted by Crippen LogP contribution is -2.25. The summed E-state index contributed by atoms with van der Waals surface area (Å²) in [5.41, 5.74) is 1.52. The molecular formula is C17H20N4O3S. The van der Waals surface area contributed by atoms with Crippen LogP contribution >= 0.6 is 0 Å². The molecule has 0 aliphatic carbocycles. The van der Waals surface area contributed by atoms with E-state index in [0.717, 1.165) is 24.1 Å². The Morgan fingerprint density at radius 2 is 2.08 bits per heavy atom. The highest BCUT2D eigenvalue weighted by Crippen LogP contribution is 2.18. The lowest BCUT2D eigenvalue weighted by molar-refractivity contribution is 0.413. The van der Waals surface area contributed by atoms with Crippen LogP contribution in [0.5, 0.6) is 5.75 Å². The number of nitrogens with zero attached hydrogens (tertiary/aromatic N) is 3. The van der Waals surface area contributed by atoms with E-state index in [4.69, 9.17) is 4.74 Å². The smallest absolute Gasteiger partial charge is 0.241 e. The molecule has 0 aliphatic heterocycles. The van der Waals surface area contributed by atoms with Gasteiger partial charge in [-0.3, -0.25) is 0 Å². The number of methoxy groups -OCH3 is 1. The van der Waals surface area contributed by atoms with Crippen molar-refractivity contribution in [2.24, 2.45) is 0 Å². The van der Waals surface area contributed by atoms with Crippen molar-refractivity contribution >= 4 is 21.2 Å². The zero-order valence-electron chi connectivity index (χ0n) is 14.1. The van der Waals surface area contributed by atoms with E-state index in [1.54, 1.807) is 18.3 Å². The van der Waals surface area contributed by atoms with Crippen LogP contribution in [-0.2, 0) is 23.1 Å². The molecule has 1 N–H and O–H groups in total. The molecule has 0 aliphatic rings. The Hall–Kier alpha value is -2.45. The first-order chi connectivity index (χ1) is 12.0. The number of fused-ring (bicyclic) bond motifs is 1. The third kappa shape index (κ3) is 3.64. The molecule has 0 saturated heterocycles. The van der Waals surface area contributed by atoms with Gasteiger partial charge in [-0.1, -0.05) is 13.0 Å². The van der Waals surface area contributed by atoms with Crippen molar-refractivity contribution in [3.8, 4) is 5.75 Å². The molecule has 1 aromatic carbocycles. The fraction of sp³-hybridized carbons (Fsp3) is 0.294. The predicted octanol–water partition coefficient (Wildman–Crippen LogP) is 2.33. The molecule has 0 spiro atoms. The Balaban J connectivity index is 1.87. The van der Waals surface area contributed by atoms with Gasteiger partial charge < -0.3 is 9.30 Å². The van der Waals surface area contributed by atoms with E-state index >= 15 is 0 Å². The Morgan fingerprint density at radius 1 is 1.24 bits per heavy atom. The normalized spacial score (nSPS) is 11.8. The second kappa shape index (κ2) is 7.20. The van der Waals surface area contributed by atoms with Crippen molar-refractivity contribution in [3.05, 3.63) is 48.4 Å². The number of pyridine rings is 1. The Kier molecular flexibility index (Phi) is 5.00. The van der Waals surface area contributed by atoms with Crippen LogP contribution in [0.2, 0.25) is 0 Å². The Bertz CT molecular complexity index is 982. The minimum Gasteiger partial charge on any atom is -0.497 e. The molecule has 8 heteroatoms. The molecule has 0 radical (unpaired) electrons. The van der Waals surface area contributed by atoms with Gasteiger partial charge in [0.1, 0.15) is 17.1 Å². The second-order valence-corrected chi connectivity index (χ2v) is 7.30. The quantitative estimate of drug-likeness (QED) is 0.699. The van der Waals surface area contributed by atoms with E-state index < -0.39 is 10.0 Å². The average molecular weight is 360 g/mol. The van der Waals surface area contributed by atoms with Crippen molar-refractivity contribution < 1.29 is 13.2 Å². The number of benzene rings is 1. The number of hydrogen-bond donors (Lipinski definition) is 1. The van der Waals surface area contributed by atoms with E-state index in [0.29, 0.717) is 11.6 Å². The largest absolute Gasteiger partial charge is 0.497 e. The maximum absolute atomic E-state index is 12.5. The predicted molar refractivity (Wildman–Crippen MR) is 94.8 cm³/mol. The van der Waals surface area contributed by atoms with Crippen molar-refractivity contribution in [1.29, 1.82) is 0 Å². The van der Waals surface area contributed by atoms with Crippen molar-refractivity contribution in [3.63, 3.8) is 0 Å². The van der Waals surface area contributed by atoms with Gasteiger partial charge in [0.05, 0.1) is 18.6 Å². The third-order valence-corrected chi connectivity index (χ3v) is 5.20. The molecule has 2 heterocycles. The lowest BCUT2D eigenvalue weighted by atomic mass is 10.3. The van der Waals surface area contributed by atoms with E-state index in [1.165, 1.54) is 19.2 Å². The summed E-state index contributed by atoms with van der Waals surface area (Å²) in [6, 6.07) is 10.0. The molecule has 25 heavy (non-hydrogen) atoms. The molecular weight excluding hydrogens is 340 g/mol. The average Bonchev–Trinajstić information content (AvgIpc) is 2.98. The van der Waals surface area contributed by atoms with E-state index in [-0.39, 0.29) is 11.4 Å². The van der Waals surface area contributed by atoms with Crippen LogP contribution in [0, 0.1) is 0 Å². The molecule has 0 unspecified atom stereocenters. The highest BCUT2D eigenvalue weighted by atomic mass is 32.2. The monoisotopic (exact) mass is 360 g/mol. The molecule has 132 valence electrons. The molecule has 0 fully saturated rings. The lowest BCUT2D eigenvalue weighted by Gasteiger charge is -2.10. The highest BCUT2D eigenvalue weighted by molar-refractivity contribution is 7.89. The number of ether oxygens (including phenoxy) is 1. The topological polar surface area (TPSA) is 86.1 Å². The van der Waals surface area contributed by atoms with Crippen LogP contribution in [0.1, 0.15) is 19.2 Å². The van der Waals surface area contributed by atoms with E-state index in [2.05, 4.69) is 21.6 Å². The van der Waals surface area contributed by atoms with Gasteiger partial charge in [-0.25, -0.2) is 23.1 Å². The van der Waals surface area contributed by atoms with Gasteiger partial charge in [0.25, 0.3) is 0 Å². The third-order valence-electron chi connectivity index (χ3n) is 3.80. The molecule has 0 bridgehead atoms. The number of nitrogens with one attached hydrogen (secondary N) is 1. The maximum atomic E-state index is 12.5. The number of aryl methyl sites for hydroxylation is 1. The van der Waals surface area contributed by atoms with Crippen LogP contribution in [0.25, 0.3) is 11.2 Å². The summed E-state index contributed by atoms with van der Waals surface area (Å²) >= 11 is 0. The van der Waals surface area contributed by atoms with Crippen LogP contribution in [0.3, 0.4) is 0 Å². The summed E-state index contributed by atoms with van der Waals surface area (Å²) in [6.45, 7) is 2.87. The zero-order valence-corrected chi connectivity index (χ0v) is 15.0. The van der Waals surface area contributed by atoms with Gasteiger partial charge in [-0.15, -0.1) is 0 Å². The molecule has 0 amide bonds. The number of hydrogen-bond acceptors (Lipinski definition) is 5. The van der Waals surface area contributed by atoms with Crippen LogP contribution in [0.4, 0.5) is 0 Å². The van der Waals surface area contributed by atoms with Crippen LogP contribution in [0.15, 0.2) is 47.5 Å². The fourth-order valence-electron chi connectivity index (χ4n) is 2.61. The van der Waals surface area contributed by atoms with E-state index in [1.807, 2.05) is 16.7 Å². The first-order valence-electron chi connectivity index (χ1n) is 7.99. The molecule has 3 aromatic rings. The highest BCUT2D eigenvalue weighted by Gasteiger charge is 2.17. The molecule has 3 rings (SSSR count).